The minimum absolute atomic E-state index is 0.0677. The van der Waals surface area contributed by atoms with Crippen LogP contribution in [0.2, 0.25) is 0 Å². The van der Waals surface area contributed by atoms with Gasteiger partial charge >= 0.3 is 5.97 Å². The van der Waals surface area contributed by atoms with Crippen molar-refractivity contribution in [2.75, 3.05) is 16.8 Å². The van der Waals surface area contributed by atoms with Gasteiger partial charge in [-0.05, 0) is 24.1 Å². The predicted octanol–water partition coefficient (Wildman–Crippen LogP) is 2.27. The molecule has 1 unspecified atom stereocenters. The van der Waals surface area contributed by atoms with Gasteiger partial charge in [-0.15, -0.1) is 0 Å². The lowest BCUT2D eigenvalue weighted by Crippen LogP contribution is -2.24. The van der Waals surface area contributed by atoms with E-state index in [1.165, 1.54) is 17.0 Å². The molecule has 96 valence electrons. The Labute approximate surface area is 112 Å². The van der Waals surface area contributed by atoms with Gasteiger partial charge in [-0.2, -0.15) is 0 Å². The molecule has 2 rings (SSSR count). The highest BCUT2D eigenvalue weighted by Crippen LogP contribution is 2.27. The standard InChI is InChI=1S/C12H11BrFNO3/c13-5-7-3-11(16)15(6-7)8-1-2-9(12(17)18)10(14)4-8/h1-2,4,7H,3,5-6H2,(H,17,18). The van der Waals surface area contributed by atoms with Gasteiger partial charge in [-0.25, -0.2) is 9.18 Å². The smallest absolute Gasteiger partial charge is 0.338 e. The summed E-state index contributed by atoms with van der Waals surface area (Å²) >= 11 is 3.32. The molecular weight excluding hydrogens is 305 g/mol. The number of halogens is 2. The third-order valence-electron chi connectivity index (χ3n) is 2.92. The molecule has 1 amide bonds. The van der Waals surface area contributed by atoms with Crippen molar-refractivity contribution in [2.45, 2.75) is 6.42 Å². The average Bonchev–Trinajstić information content (AvgIpc) is 2.70. The minimum Gasteiger partial charge on any atom is -0.478 e. The molecule has 0 bridgehead atoms. The number of aromatic carboxylic acids is 1. The molecule has 1 N–H and O–H groups in total. The highest BCUT2D eigenvalue weighted by molar-refractivity contribution is 9.09. The van der Waals surface area contributed by atoms with Crippen molar-refractivity contribution in [1.82, 2.24) is 0 Å². The summed E-state index contributed by atoms with van der Waals surface area (Å²) in [6.07, 6.45) is 0.424. The molecule has 1 aromatic carbocycles. The van der Waals surface area contributed by atoms with Gasteiger partial charge < -0.3 is 10.0 Å². The Bertz CT molecular complexity index is 506. The molecule has 4 nitrogen and oxygen atoms in total. The van der Waals surface area contributed by atoms with Crippen molar-refractivity contribution < 1.29 is 19.1 Å². The van der Waals surface area contributed by atoms with E-state index < -0.39 is 11.8 Å². The highest BCUT2D eigenvalue weighted by atomic mass is 79.9. The molecule has 1 aliphatic heterocycles. The van der Waals surface area contributed by atoms with Crippen molar-refractivity contribution >= 4 is 33.5 Å². The van der Waals surface area contributed by atoms with Crippen molar-refractivity contribution in [3.05, 3.63) is 29.6 Å². The average molecular weight is 316 g/mol. The summed E-state index contributed by atoms with van der Waals surface area (Å²) in [5.74, 6) is -2.00. The third-order valence-corrected chi connectivity index (χ3v) is 3.83. The molecular formula is C12H11BrFNO3. The normalized spacial score (nSPS) is 19.3. The Morgan fingerprint density at radius 1 is 1.56 bits per heavy atom. The highest BCUT2D eigenvalue weighted by Gasteiger charge is 2.30. The molecule has 1 aliphatic rings. The van der Waals surface area contributed by atoms with Gasteiger partial charge in [-0.3, -0.25) is 4.79 Å². The van der Waals surface area contributed by atoms with E-state index in [4.69, 9.17) is 5.11 Å². The van der Waals surface area contributed by atoms with Crippen molar-refractivity contribution in [3.63, 3.8) is 0 Å². The number of nitrogens with zero attached hydrogens (tertiary/aromatic N) is 1. The summed E-state index contributed by atoms with van der Waals surface area (Å²) in [5.41, 5.74) is 0.0217. The van der Waals surface area contributed by atoms with E-state index in [1.54, 1.807) is 0 Å². The number of amides is 1. The second-order valence-electron chi connectivity index (χ2n) is 4.20. The topological polar surface area (TPSA) is 57.6 Å². The van der Waals surface area contributed by atoms with Gasteiger partial charge in [0.15, 0.2) is 0 Å². The number of rotatable bonds is 3. The summed E-state index contributed by atoms with van der Waals surface area (Å²) in [6, 6.07) is 3.74. The summed E-state index contributed by atoms with van der Waals surface area (Å²) in [6.45, 7) is 0.524. The lowest BCUT2D eigenvalue weighted by molar-refractivity contribution is -0.117. The zero-order chi connectivity index (χ0) is 13.3. The SMILES string of the molecule is O=C(O)c1ccc(N2CC(CBr)CC2=O)cc1F. The van der Waals surface area contributed by atoms with Crippen LogP contribution in [0, 0.1) is 11.7 Å². The van der Waals surface area contributed by atoms with Crippen LogP contribution in [0.1, 0.15) is 16.8 Å². The molecule has 0 radical (unpaired) electrons. The van der Waals surface area contributed by atoms with E-state index >= 15 is 0 Å². The molecule has 0 spiro atoms. The van der Waals surface area contributed by atoms with Crippen molar-refractivity contribution in [1.29, 1.82) is 0 Å². The van der Waals surface area contributed by atoms with Gasteiger partial charge in [-0.1, -0.05) is 15.9 Å². The van der Waals surface area contributed by atoms with Crippen LogP contribution in [-0.4, -0.2) is 28.9 Å². The van der Waals surface area contributed by atoms with E-state index in [9.17, 15) is 14.0 Å². The lowest BCUT2D eigenvalue weighted by atomic mass is 10.1. The molecule has 1 heterocycles. The first-order chi connectivity index (χ1) is 8.52. The quantitative estimate of drug-likeness (QED) is 0.870. The van der Waals surface area contributed by atoms with Crippen LogP contribution in [0.5, 0.6) is 0 Å². The first-order valence-corrected chi connectivity index (χ1v) is 6.54. The molecule has 1 atom stereocenters. The van der Waals surface area contributed by atoms with Crippen molar-refractivity contribution in [2.24, 2.45) is 5.92 Å². The Morgan fingerprint density at radius 2 is 2.28 bits per heavy atom. The largest absolute Gasteiger partial charge is 0.478 e. The molecule has 1 saturated heterocycles. The van der Waals surface area contributed by atoms with Gasteiger partial charge in [0.05, 0.1) is 5.56 Å². The van der Waals surface area contributed by atoms with E-state index in [2.05, 4.69) is 15.9 Å². The van der Waals surface area contributed by atoms with Crippen LogP contribution in [-0.2, 0) is 4.79 Å². The number of carboxylic acid groups (broad SMARTS) is 1. The molecule has 1 aromatic rings. The zero-order valence-electron chi connectivity index (χ0n) is 9.40. The minimum atomic E-state index is -1.31. The van der Waals surface area contributed by atoms with E-state index in [0.29, 0.717) is 24.0 Å². The van der Waals surface area contributed by atoms with Crippen LogP contribution in [0.4, 0.5) is 10.1 Å². The van der Waals surface area contributed by atoms with Gasteiger partial charge in [0, 0.05) is 24.0 Å². The van der Waals surface area contributed by atoms with Crippen LogP contribution in [0.3, 0.4) is 0 Å². The second-order valence-corrected chi connectivity index (χ2v) is 4.85. The van der Waals surface area contributed by atoms with E-state index in [1.807, 2.05) is 0 Å². The van der Waals surface area contributed by atoms with Crippen molar-refractivity contribution in [3.8, 4) is 0 Å². The number of carboxylic acids is 1. The third kappa shape index (κ3) is 2.38. The maximum atomic E-state index is 13.5. The molecule has 0 aliphatic carbocycles. The first-order valence-electron chi connectivity index (χ1n) is 5.42. The number of hydrogen-bond donors (Lipinski definition) is 1. The Hall–Kier alpha value is -1.43. The maximum Gasteiger partial charge on any atom is 0.338 e. The summed E-state index contributed by atoms with van der Waals surface area (Å²) in [4.78, 5) is 23.9. The number of carbonyl (C=O) groups excluding carboxylic acids is 1. The fraction of sp³-hybridized carbons (Fsp3) is 0.333. The Morgan fingerprint density at radius 3 is 2.78 bits per heavy atom. The van der Waals surface area contributed by atoms with Crippen LogP contribution >= 0.6 is 15.9 Å². The molecule has 1 fully saturated rings. The second kappa shape index (κ2) is 5.06. The van der Waals surface area contributed by atoms with Crippen LogP contribution < -0.4 is 4.90 Å². The molecule has 6 heteroatoms. The van der Waals surface area contributed by atoms with E-state index in [0.717, 1.165) is 6.07 Å². The number of hydrogen-bond acceptors (Lipinski definition) is 2. The first kappa shape index (κ1) is 13.0. The number of carbonyl (C=O) groups is 2. The van der Waals surface area contributed by atoms with Crippen LogP contribution in [0.25, 0.3) is 0 Å². The fourth-order valence-corrected chi connectivity index (χ4v) is 2.41. The fourth-order valence-electron chi connectivity index (χ4n) is 1.98. The summed E-state index contributed by atoms with van der Waals surface area (Å²) in [5, 5.41) is 9.44. The lowest BCUT2D eigenvalue weighted by Gasteiger charge is -2.16. The van der Waals surface area contributed by atoms with Gasteiger partial charge in [0.25, 0.3) is 0 Å². The Kier molecular flexibility index (Phi) is 3.65. The zero-order valence-corrected chi connectivity index (χ0v) is 11.0. The maximum absolute atomic E-state index is 13.5. The van der Waals surface area contributed by atoms with Crippen LogP contribution in [0.15, 0.2) is 18.2 Å². The van der Waals surface area contributed by atoms with E-state index in [-0.39, 0.29) is 17.4 Å². The number of benzene rings is 1. The predicted molar refractivity (Wildman–Crippen MR) is 67.6 cm³/mol. The molecule has 0 aromatic heterocycles. The van der Waals surface area contributed by atoms with Gasteiger partial charge in [0.2, 0.25) is 5.91 Å². The summed E-state index contributed by atoms with van der Waals surface area (Å²) < 4.78 is 13.5. The monoisotopic (exact) mass is 315 g/mol. The number of anilines is 1. The Balaban J connectivity index is 2.27. The summed E-state index contributed by atoms with van der Waals surface area (Å²) in [7, 11) is 0. The molecule has 18 heavy (non-hydrogen) atoms. The molecule has 0 saturated carbocycles. The van der Waals surface area contributed by atoms with Gasteiger partial charge in [0.1, 0.15) is 5.82 Å². The number of alkyl halides is 1.